The summed E-state index contributed by atoms with van der Waals surface area (Å²) in [5.41, 5.74) is 17.5. The highest BCUT2D eigenvalue weighted by Gasteiger charge is 2.44. The fourth-order valence-corrected chi connectivity index (χ4v) is 9.58. The summed E-state index contributed by atoms with van der Waals surface area (Å²) in [4.78, 5) is 64.0. The third-order valence-corrected chi connectivity index (χ3v) is 13.6. The first-order valence-electron chi connectivity index (χ1n) is 24.4. The van der Waals surface area contributed by atoms with E-state index in [4.69, 9.17) is 30.4 Å². The number of aromatic nitrogens is 5. The number of amides is 4. The Labute approximate surface area is 423 Å². The van der Waals surface area contributed by atoms with Gasteiger partial charge in [-0.2, -0.15) is 4.98 Å². The molecule has 388 valence electrons. The molecule has 9 N–H and O–H groups in total. The first-order valence-corrected chi connectivity index (χ1v) is 25.3. The molecule has 5 atom stereocenters. The van der Waals surface area contributed by atoms with Crippen molar-refractivity contribution in [1.82, 2.24) is 40.3 Å². The van der Waals surface area contributed by atoms with Crippen LogP contribution >= 0.6 is 11.3 Å². The average molecular weight is 1010 g/mol. The quantitative estimate of drug-likeness (QED) is 0.0411. The number of likely N-dealkylation sites (tertiary alicyclic amines) is 1. The van der Waals surface area contributed by atoms with Crippen LogP contribution in [0.1, 0.15) is 74.6 Å². The van der Waals surface area contributed by atoms with Crippen LogP contribution in [0.5, 0.6) is 0 Å². The van der Waals surface area contributed by atoms with Gasteiger partial charge < -0.3 is 66.3 Å². The molecule has 7 rings (SSSR count). The van der Waals surface area contributed by atoms with Gasteiger partial charge in [0.05, 0.1) is 74.0 Å². The number of aliphatic hydroxyl groups is 1. The number of rotatable bonds is 25. The average Bonchev–Trinajstić information content (AvgIpc) is 4.10. The lowest BCUT2D eigenvalue weighted by Crippen LogP contribution is -2.58. The largest absolute Gasteiger partial charge is 0.391 e. The molecular formula is C50H68N12O9S. The van der Waals surface area contributed by atoms with Crippen molar-refractivity contribution in [3.8, 4) is 10.4 Å². The molecule has 4 heterocycles. The Balaban J connectivity index is 0.758. The van der Waals surface area contributed by atoms with Gasteiger partial charge in [-0.05, 0) is 54.5 Å². The highest BCUT2D eigenvalue weighted by molar-refractivity contribution is 7.13. The number of ether oxygens (including phenoxy) is 4. The van der Waals surface area contributed by atoms with Crippen LogP contribution < -0.4 is 32.7 Å². The molecular weight excluding hydrogens is 945 g/mol. The highest BCUT2D eigenvalue weighted by atomic mass is 32.1. The van der Waals surface area contributed by atoms with Crippen molar-refractivity contribution < 1.29 is 43.2 Å². The van der Waals surface area contributed by atoms with Gasteiger partial charge in [0.15, 0.2) is 11.5 Å². The number of carbonyl (C=O) groups excluding carboxylic acids is 4. The van der Waals surface area contributed by atoms with Gasteiger partial charge in [0.1, 0.15) is 18.7 Å². The van der Waals surface area contributed by atoms with Crippen molar-refractivity contribution in [3.05, 3.63) is 77.2 Å². The normalized spacial score (nSPS) is 18.5. The third-order valence-electron chi connectivity index (χ3n) is 12.7. The molecule has 1 unspecified atom stereocenters. The van der Waals surface area contributed by atoms with Gasteiger partial charge >= 0.3 is 0 Å². The zero-order valence-corrected chi connectivity index (χ0v) is 42.2. The summed E-state index contributed by atoms with van der Waals surface area (Å²) in [7, 11) is 0. The fourth-order valence-electron chi connectivity index (χ4n) is 8.77. The van der Waals surface area contributed by atoms with Gasteiger partial charge in [-0.15, -0.1) is 21.5 Å². The SMILES string of the molecule is Cc1ncsc1-c1ccc(CNC(=O)[C@@H]2C[C@@H](O)CN2C(=O)C(NC(=O)COCCOCCOCCOCCn2ccc3c(Nc4nc(N[C@@H]5CCCC[C@@H]5N)nnc4C(N)=O)cccc32)C(C)(C)C)cc1. The number of hydrogen-bond acceptors (Lipinski definition) is 17. The molecule has 1 aliphatic carbocycles. The van der Waals surface area contributed by atoms with Gasteiger partial charge in [0.25, 0.3) is 5.91 Å². The van der Waals surface area contributed by atoms with Crippen molar-refractivity contribution in [2.45, 2.75) is 103 Å². The highest BCUT2D eigenvalue weighted by Crippen LogP contribution is 2.31. The number of primary amides is 1. The molecule has 2 fully saturated rings. The number of nitrogens with two attached hydrogens (primary N) is 2. The summed E-state index contributed by atoms with van der Waals surface area (Å²) < 4.78 is 24.7. The van der Waals surface area contributed by atoms with Crippen LogP contribution in [0.15, 0.2) is 60.2 Å². The Morgan fingerprint density at radius 3 is 2.31 bits per heavy atom. The van der Waals surface area contributed by atoms with E-state index >= 15 is 0 Å². The molecule has 72 heavy (non-hydrogen) atoms. The maximum absolute atomic E-state index is 14.0. The number of carbonyl (C=O) groups is 4. The van der Waals surface area contributed by atoms with Crippen molar-refractivity contribution in [2.24, 2.45) is 16.9 Å². The van der Waals surface area contributed by atoms with Crippen LogP contribution in [0.3, 0.4) is 0 Å². The molecule has 22 heteroatoms. The molecule has 21 nitrogen and oxygen atoms in total. The summed E-state index contributed by atoms with van der Waals surface area (Å²) in [5.74, 6) is -1.60. The number of β-amino-alcohol motifs (C(OH)–C–C–N with tert-alkyl or cyclic N) is 1. The van der Waals surface area contributed by atoms with Gasteiger partial charge in [0, 0.05) is 55.4 Å². The van der Waals surface area contributed by atoms with Crippen molar-refractivity contribution >= 4 is 63.3 Å². The van der Waals surface area contributed by atoms with E-state index in [-0.39, 0.29) is 74.8 Å². The Morgan fingerprint density at radius 2 is 1.62 bits per heavy atom. The number of benzene rings is 2. The molecule has 1 saturated carbocycles. The minimum absolute atomic E-state index is 0.0101. The summed E-state index contributed by atoms with van der Waals surface area (Å²) in [6, 6.07) is 13.7. The van der Waals surface area contributed by atoms with Crippen LogP contribution in [-0.2, 0) is 46.4 Å². The number of aliphatic hydroxyl groups excluding tert-OH is 1. The van der Waals surface area contributed by atoms with Crippen LogP contribution in [0.2, 0.25) is 0 Å². The molecule has 0 radical (unpaired) electrons. The van der Waals surface area contributed by atoms with Crippen LogP contribution in [0.25, 0.3) is 21.3 Å². The number of hydrogen-bond donors (Lipinski definition) is 7. The molecule has 0 spiro atoms. The van der Waals surface area contributed by atoms with Crippen molar-refractivity contribution in [2.75, 3.05) is 70.0 Å². The Kier molecular flexibility index (Phi) is 19.0. The van der Waals surface area contributed by atoms with E-state index in [1.165, 1.54) is 4.90 Å². The second-order valence-electron chi connectivity index (χ2n) is 19.1. The predicted octanol–water partition coefficient (Wildman–Crippen LogP) is 3.66. The molecule has 2 aliphatic rings. The topological polar surface area (TPSA) is 285 Å². The lowest BCUT2D eigenvalue weighted by atomic mass is 9.85. The van der Waals surface area contributed by atoms with E-state index in [2.05, 4.69) is 46.0 Å². The van der Waals surface area contributed by atoms with Crippen molar-refractivity contribution in [3.63, 3.8) is 0 Å². The summed E-state index contributed by atoms with van der Waals surface area (Å²) >= 11 is 1.57. The van der Waals surface area contributed by atoms with E-state index in [1.807, 2.05) is 87.9 Å². The number of fused-ring (bicyclic) bond motifs is 1. The molecule has 5 aromatic rings. The van der Waals surface area contributed by atoms with E-state index in [1.54, 1.807) is 11.3 Å². The second-order valence-corrected chi connectivity index (χ2v) is 20.0. The number of nitrogens with one attached hydrogen (secondary N) is 4. The van der Waals surface area contributed by atoms with E-state index in [0.717, 1.165) is 64.0 Å². The Bertz CT molecular complexity index is 2600. The zero-order valence-electron chi connectivity index (χ0n) is 41.4. The van der Waals surface area contributed by atoms with Gasteiger partial charge in [0.2, 0.25) is 23.7 Å². The lowest BCUT2D eigenvalue weighted by Gasteiger charge is -2.35. The predicted molar refractivity (Wildman–Crippen MR) is 272 cm³/mol. The Morgan fingerprint density at radius 1 is 0.917 bits per heavy atom. The summed E-state index contributed by atoms with van der Waals surface area (Å²) in [6.45, 7) is 10.2. The van der Waals surface area contributed by atoms with Gasteiger partial charge in [-0.1, -0.05) is 63.9 Å². The van der Waals surface area contributed by atoms with E-state index in [0.29, 0.717) is 39.6 Å². The molecule has 2 aromatic carbocycles. The Hall–Kier alpha value is -6.14. The maximum atomic E-state index is 14.0. The fraction of sp³-hybridized carbons (Fsp3) is 0.520. The molecule has 0 bridgehead atoms. The first-order chi connectivity index (χ1) is 34.7. The number of anilines is 3. The van der Waals surface area contributed by atoms with Crippen LogP contribution in [0, 0.1) is 12.3 Å². The molecule has 3 aromatic heterocycles. The van der Waals surface area contributed by atoms with E-state index in [9.17, 15) is 24.3 Å². The minimum Gasteiger partial charge on any atom is -0.391 e. The smallest absolute Gasteiger partial charge is 0.273 e. The number of thiazole rings is 1. The minimum atomic E-state index is -0.974. The lowest BCUT2D eigenvalue weighted by molar-refractivity contribution is -0.144. The summed E-state index contributed by atoms with van der Waals surface area (Å²) in [6.07, 6.45) is 5.13. The maximum Gasteiger partial charge on any atom is 0.273 e. The van der Waals surface area contributed by atoms with Crippen LogP contribution in [-0.4, -0.2) is 148 Å². The summed E-state index contributed by atoms with van der Waals surface area (Å²) in [5, 5.41) is 31.9. The molecule has 1 saturated heterocycles. The third kappa shape index (κ3) is 14.5. The first kappa shape index (κ1) is 53.7. The number of nitrogens with zero attached hydrogens (tertiary/aromatic N) is 6. The number of aryl methyl sites for hydroxylation is 1. The standard InChI is InChI=1S/C50H68N12O9S/c1-31-43(72-30-54-31)33-14-12-32(13-15-33)27-53-47(66)40-26-34(63)28-62(40)48(67)44(50(2,3)4)57-41(64)29-71-25-24-70-23-22-69-21-20-68-19-18-61-17-16-35-37(10-7-11-39(35)61)55-46-42(45(52)65)59-60-49(58-46)56-38-9-6-5-8-36(38)51/h7,10-17,30,34,36,38,40,44,63H,5-6,8-9,18-29,51H2,1-4H3,(H2,52,65)(H,53,66)(H,57,64)(H2,55,56,58,60)/t34-,36+,38-,40+,44?/m1/s1. The monoisotopic (exact) mass is 1010 g/mol. The van der Waals surface area contributed by atoms with Gasteiger partial charge in [-0.3, -0.25) is 19.2 Å². The molecule has 1 aliphatic heterocycles. The zero-order chi connectivity index (χ0) is 51.2. The van der Waals surface area contributed by atoms with E-state index < -0.39 is 41.3 Å². The second kappa shape index (κ2) is 25.5. The molecule has 4 amide bonds. The van der Waals surface area contributed by atoms with Gasteiger partial charge in [-0.25, -0.2) is 4.98 Å². The van der Waals surface area contributed by atoms with Crippen LogP contribution in [0.4, 0.5) is 17.5 Å². The van der Waals surface area contributed by atoms with Crippen molar-refractivity contribution in [1.29, 1.82) is 0 Å².